The molecule has 0 bridgehead atoms. The molecule has 0 spiro atoms. The van der Waals surface area contributed by atoms with Crippen LogP contribution in [0.25, 0.3) is 0 Å². The second-order valence-corrected chi connectivity index (χ2v) is 6.12. The molecule has 4 nitrogen and oxygen atoms in total. The van der Waals surface area contributed by atoms with E-state index in [0.29, 0.717) is 6.54 Å². The monoisotopic (exact) mass is 283 g/mol. The molecular weight excluding hydrogens is 254 g/mol. The van der Waals surface area contributed by atoms with Crippen LogP contribution in [0.1, 0.15) is 65.2 Å². The summed E-state index contributed by atoms with van der Waals surface area (Å²) < 4.78 is 0. The van der Waals surface area contributed by atoms with Gasteiger partial charge in [-0.1, -0.05) is 32.1 Å². The van der Waals surface area contributed by atoms with Crippen LogP contribution >= 0.6 is 0 Å². The van der Waals surface area contributed by atoms with Gasteiger partial charge in [0.1, 0.15) is 5.78 Å². The second kappa shape index (κ2) is 8.40. The van der Waals surface area contributed by atoms with Crippen molar-refractivity contribution < 1.29 is 14.7 Å². The fraction of sp³-hybridized carbons (Fsp3) is 0.875. The molecule has 1 fully saturated rings. The first-order valence-electron chi connectivity index (χ1n) is 7.89. The Morgan fingerprint density at radius 1 is 1.05 bits per heavy atom. The molecule has 0 aromatic heterocycles. The van der Waals surface area contributed by atoms with Gasteiger partial charge in [0.05, 0.1) is 0 Å². The summed E-state index contributed by atoms with van der Waals surface area (Å²) in [4.78, 5) is 25.2. The van der Waals surface area contributed by atoms with Crippen molar-refractivity contribution in [3.05, 3.63) is 0 Å². The Balaban J connectivity index is 2.30. The third kappa shape index (κ3) is 4.89. The number of aliphatic hydroxyl groups is 1. The second-order valence-electron chi connectivity index (χ2n) is 6.12. The van der Waals surface area contributed by atoms with E-state index in [4.69, 9.17) is 5.11 Å². The van der Waals surface area contributed by atoms with E-state index in [-0.39, 0.29) is 23.7 Å². The minimum Gasteiger partial charge on any atom is -0.396 e. The molecule has 1 saturated heterocycles. The number of Topliss-reactive ketones (excluding diaryl/α,β-unsaturated/α-hetero) is 1. The first kappa shape index (κ1) is 17.2. The van der Waals surface area contributed by atoms with E-state index in [9.17, 15) is 9.59 Å². The lowest BCUT2D eigenvalue weighted by atomic mass is 9.78. The van der Waals surface area contributed by atoms with Crippen LogP contribution in [0.2, 0.25) is 0 Å². The lowest BCUT2D eigenvalue weighted by molar-refractivity contribution is -0.130. The number of unbranched alkanes of at least 4 members (excludes halogenated alkanes) is 5. The lowest BCUT2D eigenvalue weighted by Crippen LogP contribution is -2.35. The fourth-order valence-electron chi connectivity index (χ4n) is 3.09. The molecule has 1 aliphatic heterocycles. The number of amides is 1. The summed E-state index contributed by atoms with van der Waals surface area (Å²) in [5.74, 6) is 0.318. The third-order valence-electron chi connectivity index (χ3n) is 4.61. The van der Waals surface area contributed by atoms with E-state index in [2.05, 4.69) is 0 Å². The van der Waals surface area contributed by atoms with E-state index in [0.717, 1.165) is 51.5 Å². The van der Waals surface area contributed by atoms with Crippen molar-refractivity contribution in [1.29, 1.82) is 0 Å². The maximum Gasteiger partial charge on any atom is 0.219 e. The van der Waals surface area contributed by atoms with Crippen LogP contribution in [0.3, 0.4) is 0 Å². The van der Waals surface area contributed by atoms with Gasteiger partial charge in [-0.25, -0.2) is 0 Å². The largest absolute Gasteiger partial charge is 0.396 e. The molecule has 116 valence electrons. The molecule has 1 heterocycles. The average molecular weight is 283 g/mol. The maximum absolute atomic E-state index is 12.0. The van der Waals surface area contributed by atoms with Crippen molar-refractivity contribution in [2.75, 3.05) is 19.7 Å². The predicted octanol–water partition coefficient (Wildman–Crippen LogP) is 2.54. The molecule has 0 aromatic carbocycles. The van der Waals surface area contributed by atoms with Crippen molar-refractivity contribution in [3.63, 3.8) is 0 Å². The van der Waals surface area contributed by atoms with Gasteiger partial charge in [0.15, 0.2) is 0 Å². The zero-order chi connectivity index (χ0) is 15.0. The Labute approximate surface area is 122 Å². The Kier molecular flexibility index (Phi) is 7.20. The standard InChI is InChI=1S/C16H29NO3/c1-14(19)16(10-11-17(13-16)15(2)20)9-7-5-3-4-6-8-12-18/h18H,3-13H2,1-2H3. The van der Waals surface area contributed by atoms with Gasteiger partial charge >= 0.3 is 0 Å². The number of aliphatic hydroxyl groups excluding tert-OH is 1. The Hall–Kier alpha value is -0.900. The molecule has 0 aliphatic carbocycles. The van der Waals surface area contributed by atoms with E-state index < -0.39 is 0 Å². The molecular formula is C16H29NO3. The number of ketones is 1. The van der Waals surface area contributed by atoms with Gasteiger partial charge < -0.3 is 10.0 Å². The van der Waals surface area contributed by atoms with Gasteiger partial charge in [-0.15, -0.1) is 0 Å². The molecule has 4 heteroatoms. The van der Waals surface area contributed by atoms with Crippen LogP contribution in [0.4, 0.5) is 0 Å². The number of nitrogens with zero attached hydrogens (tertiary/aromatic N) is 1. The molecule has 1 atom stereocenters. The van der Waals surface area contributed by atoms with Gasteiger partial charge in [0.2, 0.25) is 5.91 Å². The van der Waals surface area contributed by atoms with E-state index in [1.807, 2.05) is 4.90 Å². The summed E-state index contributed by atoms with van der Waals surface area (Å²) in [6, 6.07) is 0. The van der Waals surface area contributed by atoms with Gasteiger partial charge in [0.25, 0.3) is 0 Å². The zero-order valence-corrected chi connectivity index (χ0v) is 13.0. The topological polar surface area (TPSA) is 57.6 Å². The Morgan fingerprint density at radius 2 is 1.65 bits per heavy atom. The van der Waals surface area contributed by atoms with Crippen LogP contribution < -0.4 is 0 Å². The summed E-state index contributed by atoms with van der Waals surface area (Å²) in [5.41, 5.74) is -0.281. The maximum atomic E-state index is 12.0. The van der Waals surface area contributed by atoms with Gasteiger partial charge in [-0.2, -0.15) is 0 Å². The van der Waals surface area contributed by atoms with E-state index in [1.165, 1.54) is 6.42 Å². The Morgan fingerprint density at radius 3 is 2.15 bits per heavy atom. The molecule has 0 radical (unpaired) electrons. The average Bonchev–Trinajstić information content (AvgIpc) is 2.84. The highest BCUT2D eigenvalue weighted by Gasteiger charge is 2.42. The highest BCUT2D eigenvalue weighted by atomic mass is 16.2. The molecule has 1 aliphatic rings. The smallest absolute Gasteiger partial charge is 0.219 e. The normalized spacial score (nSPS) is 22.2. The number of hydrogen-bond acceptors (Lipinski definition) is 3. The van der Waals surface area contributed by atoms with Crippen molar-refractivity contribution >= 4 is 11.7 Å². The summed E-state index contributed by atoms with van der Waals surface area (Å²) in [5, 5.41) is 8.71. The molecule has 1 rings (SSSR count). The number of rotatable bonds is 9. The van der Waals surface area contributed by atoms with E-state index in [1.54, 1.807) is 13.8 Å². The van der Waals surface area contributed by atoms with Crippen molar-refractivity contribution in [3.8, 4) is 0 Å². The molecule has 0 aromatic rings. The van der Waals surface area contributed by atoms with Gasteiger partial charge in [-0.3, -0.25) is 9.59 Å². The van der Waals surface area contributed by atoms with Crippen LogP contribution in [-0.4, -0.2) is 41.4 Å². The van der Waals surface area contributed by atoms with Crippen LogP contribution in [0, 0.1) is 5.41 Å². The van der Waals surface area contributed by atoms with Gasteiger partial charge in [0, 0.05) is 32.0 Å². The number of carbonyl (C=O) groups excluding carboxylic acids is 2. The third-order valence-corrected chi connectivity index (χ3v) is 4.61. The van der Waals surface area contributed by atoms with Crippen LogP contribution in [0.5, 0.6) is 0 Å². The van der Waals surface area contributed by atoms with Crippen LogP contribution in [0.15, 0.2) is 0 Å². The quantitative estimate of drug-likeness (QED) is 0.662. The highest BCUT2D eigenvalue weighted by molar-refractivity contribution is 5.84. The fourth-order valence-corrected chi connectivity index (χ4v) is 3.09. The predicted molar refractivity (Wildman–Crippen MR) is 79.4 cm³/mol. The lowest BCUT2D eigenvalue weighted by Gasteiger charge is -2.26. The molecule has 20 heavy (non-hydrogen) atoms. The summed E-state index contributed by atoms with van der Waals surface area (Å²) in [6.45, 7) is 4.88. The molecule has 1 amide bonds. The number of likely N-dealkylation sites (tertiary alicyclic amines) is 1. The SMILES string of the molecule is CC(=O)N1CCC(CCCCCCCCO)(C(C)=O)C1. The molecule has 0 saturated carbocycles. The minimum absolute atomic E-state index is 0.0807. The van der Waals surface area contributed by atoms with Crippen molar-refractivity contribution in [1.82, 2.24) is 4.90 Å². The van der Waals surface area contributed by atoms with E-state index >= 15 is 0 Å². The molecule has 1 N–H and O–H groups in total. The summed E-state index contributed by atoms with van der Waals surface area (Å²) >= 11 is 0. The Bertz CT molecular complexity index is 330. The first-order valence-corrected chi connectivity index (χ1v) is 7.89. The van der Waals surface area contributed by atoms with Crippen molar-refractivity contribution in [2.24, 2.45) is 5.41 Å². The summed E-state index contributed by atoms with van der Waals surface area (Å²) in [7, 11) is 0. The minimum atomic E-state index is -0.281. The number of carbonyl (C=O) groups is 2. The zero-order valence-electron chi connectivity index (χ0n) is 13.0. The van der Waals surface area contributed by atoms with Crippen LogP contribution in [-0.2, 0) is 9.59 Å². The number of hydrogen-bond donors (Lipinski definition) is 1. The summed E-state index contributed by atoms with van der Waals surface area (Å²) in [6.07, 6.45) is 8.25. The van der Waals surface area contributed by atoms with Gasteiger partial charge in [-0.05, 0) is 26.2 Å². The van der Waals surface area contributed by atoms with Crippen molar-refractivity contribution in [2.45, 2.75) is 65.2 Å². The highest BCUT2D eigenvalue weighted by Crippen LogP contribution is 2.36. The first-order chi connectivity index (χ1) is 9.52. The molecule has 1 unspecified atom stereocenters.